The molecule has 1 aromatic heterocycles. The van der Waals surface area contributed by atoms with Crippen LogP contribution in [0.1, 0.15) is 28.4 Å². The Morgan fingerprint density at radius 3 is 2.83 bits per heavy atom. The standard InChI is InChI=1S/C19H18ClNO2/c1-3-13-5-4-6-15-16(10-21-19(13)15)18(22)11-23-14-7-8-17(20)12(2)9-14/h4-10,21H,3,11H2,1-2H3. The highest BCUT2D eigenvalue weighted by molar-refractivity contribution is 6.31. The minimum Gasteiger partial charge on any atom is -0.485 e. The fraction of sp³-hybridized carbons (Fsp3) is 0.211. The summed E-state index contributed by atoms with van der Waals surface area (Å²) in [5, 5.41) is 1.64. The number of ether oxygens (including phenoxy) is 1. The van der Waals surface area contributed by atoms with Gasteiger partial charge in [0.1, 0.15) is 5.75 Å². The van der Waals surface area contributed by atoms with E-state index in [-0.39, 0.29) is 12.4 Å². The third-order valence-electron chi connectivity index (χ3n) is 3.98. The average molecular weight is 328 g/mol. The Bertz CT molecular complexity index is 867. The van der Waals surface area contributed by atoms with Gasteiger partial charge in [-0.25, -0.2) is 0 Å². The van der Waals surface area contributed by atoms with Crippen LogP contribution in [0.4, 0.5) is 0 Å². The number of carbonyl (C=O) groups excluding carboxylic acids is 1. The number of hydrogen-bond donors (Lipinski definition) is 1. The van der Waals surface area contributed by atoms with E-state index >= 15 is 0 Å². The van der Waals surface area contributed by atoms with Gasteiger partial charge in [-0.15, -0.1) is 0 Å². The van der Waals surface area contributed by atoms with Gasteiger partial charge in [-0.1, -0.05) is 36.7 Å². The van der Waals surface area contributed by atoms with Crippen LogP contribution in [0.3, 0.4) is 0 Å². The Hall–Kier alpha value is -2.26. The van der Waals surface area contributed by atoms with E-state index in [2.05, 4.69) is 18.0 Å². The van der Waals surface area contributed by atoms with Crippen LogP contribution in [0.25, 0.3) is 10.9 Å². The summed E-state index contributed by atoms with van der Waals surface area (Å²) in [7, 11) is 0. The molecule has 0 bridgehead atoms. The number of hydrogen-bond acceptors (Lipinski definition) is 2. The summed E-state index contributed by atoms with van der Waals surface area (Å²) < 4.78 is 5.61. The number of benzene rings is 2. The number of fused-ring (bicyclic) bond motifs is 1. The molecule has 23 heavy (non-hydrogen) atoms. The number of carbonyl (C=O) groups is 1. The Morgan fingerprint density at radius 2 is 2.09 bits per heavy atom. The number of ketones is 1. The van der Waals surface area contributed by atoms with Crippen molar-refractivity contribution < 1.29 is 9.53 Å². The molecule has 4 heteroatoms. The minimum atomic E-state index is -0.0443. The van der Waals surface area contributed by atoms with Gasteiger partial charge in [0.25, 0.3) is 0 Å². The molecule has 0 radical (unpaired) electrons. The van der Waals surface area contributed by atoms with Crippen LogP contribution in [-0.4, -0.2) is 17.4 Å². The smallest absolute Gasteiger partial charge is 0.202 e. The SMILES string of the molecule is CCc1cccc2c(C(=O)COc3ccc(Cl)c(C)c3)c[nH]c12. The number of para-hydroxylation sites is 1. The van der Waals surface area contributed by atoms with Crippen LogP contribution in [0, 0.1) is 6.92 Å². The highest BCUT2D eigenvalue weighted by Crippen LogP contribution is 2.24. The molecule has 3 nitrogen and oxygen atoms in total. The normalized spacial score (nSPS) is 10.9. The summed E-state index contributed by atoms with van der Waals surface area (Å²) >= 11 is 5.99. The lowest BCUT2D eigenvalue weighted by Crippen LogP contribution is -2.11. The fourth-order valence-corrected chi connectivity index (χ4v) is 2.79. The van der Waals surface area contributed by atoms with Crippen LogP contribution in [0.2, 0.25) is 5.02 Å². The van der Waals surface area contributed by atoms with Gasteiger partial charge in [0.05, 0.1) is 0 Å². The molecule has 1 N–H and O–H groups in total. The number of H-pyrrole nitrogens is 1. The highest BCUT2D eigenvalue weighted by Gasteiger charge is 2.14. The van der Waals surface area contributed by atoms with Crippen LogP contribution in [0.5, 0.6) is 5.75 Å². The monoisotopic (exact) mass is 327 g/mol. The third kappa shape index (κ3) is 3.10. The van der Waals surface area contributed by atoms with Crippen LogP contribution < -0.4 is 4.74 Å². The molecule has 2 aromatic carbocycles. The van der Waals surface area contributed by atoms with Crippen molar-refractivity contribution in [2.45, 2.75) is 20.3 Å². The van der Waals surface area contributed by atoms with Gasteiger partial charge in [-0.3, -0.25) is 4.79 Å². The first-order valence-corrected chi connectivity index (χ1v) is 7.99. The molecule has 0 unspecified atom stereocenters. The predicted molar refractivity (Wildman–Crippen MR) is 93.7 cm³/mol. The number of aromatic nitrogens is 1. The Balaban J connectivity index is 1.79. The number of nitrogens with one attached hydrogen (secondary N) is 1. The number of aryl methyl sites for hydroxylation is 2. The lowest BCUT2D eigenvalue weighted by Gasteiger charge is -2.07. The van der Waals surface area contributed by atoms with Crippen molar-refractivity contribution in [3.8, 4) is 5.75 Å². The van der Waals surface area contributed by atoms with Gasteiger partial charge >= 0.3 is 0 Å². The summed E-state index contributed by atoms with van der Waals surface area (Å²) in [5.41, 5.74) is 3.83. The molecule has 0 amide bonds. The van der Waals surface area contributed by atoms with E-state index < -0.39 is 0 Å². The third-order valence-corrected chi connectivity index (χ3v) is 4.41. The average Bonchev–Trinajstić information content (AvgIpc) is 2.99. The quantitative estimate of drug-likeness (QED) is 0.673. The molecule has 0 aliphatic carbocycles. The van der Waals surface area contributed by atoms with E-state index in [4.69, 9.17) is 16.3 Å². The van der Waals surface area contributed by atoms with E-state index in [9.17, 15) is 4.79 Å². The molecule has 3 rings (SSSR count). The molecule has 0 atom stereocenters. The molecule has 118 valence electrons. The van der Waals surface area contributed by atoms with E-state index in [0.29, 0.717) is 16.3 Å². The Morgan fingerprint density at radius 1 is 1.26 bits per heavy atom. The molecule has 0 aliphatic heterocycles. The number of aromatic amines is 1. The maximum atomic E-state index is 12.5. The second kappa shape index (κ2) is 6.47. The van der Waals surface area contributed by atoms with Gasteiger partial charge in [0, 0.05) is 27.7 Å². The van der Waals surface area contributed by atoms with Crippen LogP contribution in [-0.2, 0) is 6.42 Å². The summed E-state index contributed by atoms with van der Waals surface area (Å²) in [5.74, 6) is 0.603. The minimum absolute atomic E-state index is 0.00434. The molecule has 1 heterocycles. The lowest BCUT2D eigenvalue weighted by atomic mass is 10.1. The first kappa shape index (κ1) is 15.6. The van der Waals surface area contributed by atoms with Gasteiger partial charge in [0.2, 0.25) is 5.78 Å². The molecule has 0 aliphatic rings. The van der Waals surface area contributed by atoms with Crippen molar-refractivity contribution in [2.24, 2.45) is 0 Å². The largest absolute Gasteiger partial charge is 0.485 e. The molecule has 3 aromatic rings. The Kier molecular flexibility index (Phi) is 4.39. The zero-order valence-corrected chi connectivity index (χ0v) is 13.9. The van der Waals surface area contributed by atoms with Crippen molar-refractivity contribution in [2.75, 3.05) is 6.61 Å². The number of halogens is 1. The van der Waals surface area contributed by atoms with E-state index in [1.165, 1.54) is 5.56 Å². The second-order valence-corrected chi connectivity index (χ2v) is 5.93. The molecule has 0 spiro atoms. The maximum absolute atomic E-state index is 12.5. The van der Waals surface area contributed by atoms with Crippen molar-refractivity contribution in [1.29, 1.82) is 0 Å². The summed E-state index contributed by atoms with van der Waals surface area (Å²) in [6.07, 6.45) is 2.69. The number of rotatable bonds is 5. The van der Waals surface area contributed by atoms with Gasteiger partial charge < -0.3 is 9.72 Å². The first-order valence-electron chi connectivity index (χ1n) is 7.61. The van der Waals surface area contributed by atoms with E-state index in [1.807, 2.05) is 25.1 Å². The first-order chi connectivity index (χ1) is 11.1. The fourth-order valence-electron chi connectivity index (χ4n) is 2.68. The Labute approximate surface area is 140 Å². The molecule has 0 saturated heterocycles. The summed E-state index contributed by atoms with van der Waals surface area (Å²) in [6.45, 7) is 4.01. The lowest BCUT2D eigenvalue weighted by molar-refractivity contribution is 0.0923. The predicted octanol–water partition coefficient (Wildman–Crippen LogP) is 4.95. The molecule has 0 saturated carbocycles. The van der Waals surface area contributed by atoms with Crippen molar-refractivity contribution in [3.63, 3.8) is 0 Å². The zero-order valence-electron chi connectivity index (χ0n) is 13.2. The van der Waals surface area contributed by atoms with Crippen molar-refractivity contribution >= 4 is 28.3 Å². The van der Waals surface area contributed by atoms with Gasteiger partial charge in [0.15, 0.2) is 6.61 Å². The maximum Gasteiger partial charge on any atom is 0.202 e. The number of Topliss-reactive ketones (excluding diaryl/α,β-unsaturated/α-hetero) is 1. The van der Waals surface area contributed by atoms with Crippen LogP contribution >= 0.6 is 11.6 Å². The molecule has 0 fully saturated rings. The van der Waals surface area contributed by atoms with Crippen molar-refractivity contribution in [1.82, 2.24) is 4.98 Å². The zero-order chi connectivity index (χ0) is 16.4. The summed E-state index contributed by atoms with van der Waals surface area (Å²) in [4.78, 5) is 15.7. The van der Waals surface area contributed by atoms with Gasteiger partial charge in [-0.05, 0) is 42.7 Å². The highest BCUT2D eigenvalue weighted by atomic mass is 35.5. The topological polar surface area (TPSA) is 42.1 Å². The van der Waals surface area contributed by atoms with E-state index in [1.54, 1.807) is 18.3 Å². The van der Waals surface area contributed by atoms with Gasteiger partial charge in [-0.2, -0.15) is 0 Å². The van der Waals surface area contributed by atoms with Crippen molar-refractivity contribution in [3.05, 3.63) is 64.3 Å². The second-order valence-electron chi connectivity index (χ2n) is 5.52. The van der Waals surface area contributed by atoms with Crippen LogP contribution in [0.15, 0.2) is 42.6 Å². The molecular weight excluding hydrogens is 310 g/mol. The van der Waals surface area contributed by atoms with E-state index in [0.717, 1.165) is 22.9 Å². The summed E-state index contributed by atoms with van der Waals surface area (Å²) in [6, 6.07) is 11.4. The molecular formula is C19H18ClNO2.